The zero-order valence-corrected chi connectivity index (χ0v) is 19.8. The van der Waals surface area contributed by atoms with E-state index in [9.17, 15) is 23.6 Å². The molecular formula is C25H28FN3O6. The van der Waals surface area contributed by atoms with Crippen LogP contribution in [0.15, 0.2) is 36.4 Å². The molecule has 1 aliphatic heterocycles. The van der Waals surface area contributed by atoms with Crippen LogP contribution in [-0.2, 0) is 27.5 Å². The zero-order chi connectivity index (χ0) is 25.9. The maximum Gasteiger partial charge on any atom is 0.306 e. The van der Waals surface area contributed by atoms with Crippen molar-refractivity contribution in [3.8, 4) is 0 Å². The van der Waals surface area contributed by atoms with Gasteiger partial charge in [0, 0.05) is 24.2 Å². The molecular weight excluding hydrogens is 457 g/mol. The van der Waals surface area contributed by atoms with E-state index < -0.39 is 41.2 Å². The molecule has 2 aromatic carbocycles. The molecule has 9 nitrogen and oxygen atoms in total. The van der Waals surface area contributed by atoms with E-state index in [1.54, 1.807) is 39.0 Å². The van der Waals surface area contributed by atoms with Gasteiger partial charge in [-0.05, 0) is 51.0 Å². The van der Waals surface area contributed by atoms with Gasteiger partial charge in [0.05, 0.1) is 17.7 Å². The molecule has 0 saturated carbocycles. The molecule has 186 valence electrons. The van der Waals surface area contributed by atoms with E-state index in [0.29, 0.717) is 11.1 Å². The molecule has 0 spiro atoms. The van der Waals surface area contributed by atoms with Gasteiger partial charge in [-0.3, -0.25) is 24.1 Å². The van der Waals surface area contributed by atoms with E-state index in [4.69, 9.17) is 15.6 Å². The predicted molar refractivity (Wildman–Crippen MR) is 125 cm³/mol. The monoisotopic (exact) mass is 485 g/mol. The highest BCUT2D eigenvalue weighted by Gasteiger charge is 2.43. The summed E-state index contributed by atoms with van der Waals surface area (Å²) < 4.78 is 19.5. The Labute approximate surface area is 202 Å². The average molecular weight is 486 g/mol. The van der Waals surface area contributed by atoms with Crippen LogP contribution in [0.3, 0.4) is 0 Å². The van der Waals surface area contributed by atoms with Crippen LogP contribution < -0.4 is 11.1 Å². The summed E-state index contributed by atoms with van der Waals surface area (Å²) in [6.45, 7) is 4.80. The van der Waals surface area contributed by atoms with Crippen LogP contribution in [0, 0.1) is 5.82 Å². The lowest BCUT2D eigenvalue weighted by Gasteiger charge is -2.24. The van der Waals surface area contributed by atoms with Gasteiger partial charge in [-0.1, -0.05) is 18.2 Å². The molecule has 0 saturated heterocycles. The number of ether oxygens (including phenoxy) is 1. The molecule has 0 fully saturated rings. The van der Waals surface area contributed by atoms with Crippen LogP contribution in [0.2, 0.25) is 0 Å². The molecule has 4 N–H and O–H groups in total. The predicted octanol–water partition coefficient (Wildman–Crippen LogP) is 2.50. The molecule has 1 atom stereocenters. The van der Waals surface area contributed by atoms with Crippen LogP contribution in [0.25, 0.3) is 0 Å². The number of imide groups is 1. The number of carbonyl (C=O) groups excluding carboxylic acids is 4. The second kappa shape index (κ2) is 10.2. The van der Waals surface area contributed by atoms with Crippen LogP contribution in [0.4, 0.5) is 10.1 Å². The van der Waals surface area contributed by atoms with E-state index in [2.05, 4.69) is 5.32 Å². The summed E-state index contributed by atoms with van der Waals surface area (Å²) in [7, 11) is 0. The van der Waals surface area contributed by atoms with Gasteiger partial charge in [0.2, 0.25) is 5.91 Å². The van der Waals surface area contributed by atoms with Crippen LogP contribution in [-0.4, -0.2) is 45.3 Å². The van der Waals surface area contributed by atoms with Gasteiger partial charge >= 0.3 is 5.97 Å². The number of nitrogens with zero attached hydrogens (tertiary/aromatic N) is 1. The van der Waals surface area contributed by atoms with Crippen molar-refractivity contribution in [1.29, 1.82) is 0 Å². The number of nitrogens with one attached hydrogen (secondary N) is 1. The molecule has 3 rings (SSSR count). The van der Waals surface area contributed by atoms with Gasteiger partial charge in [0.25, 0.3) is 11.8 Å². The molecule has 0 radical (unpaired) electrons. The molecule has 0 aromatic heterocycles. The molecule has 1 heterocycles. The van der Waals surface area contributed by atoms with E-state index in [1.807, 2.05) is 0 Å². The van der Waals surface area contributed by atoms with Crippen LogP contribution >= 0.6 is 0 Å². The highest BCUT2D eigenvalue weighted by molar-refractivity contribution is 6.25. The Morgan fingerprint density at radius 1 is 1.17 bits per heavy atom. The first-order valence-electron chi connectivity index (χ1n) is 11.1. The van der Waals surface area contributed by atoms with Crippen LogP contribution in [0.1, 0.15) is 65.5 Å². The highest BCUT2D eigenvalue weighted by atomic mass is 19.1. The van der Waals surface area contributed by atoms with Gasteiger partial charge in [-0.2, -0.15) is 0 Å². The average Bonchev–Trinajstić information content (AvgIpc) is 3.02. The summed E-state index contributed by atoms with van der Waals surface area (Å²) in [5.41, 5.74) is 5.86. The Morgan fingerprint density at radius 2 is 1.89 bits per heavy atom. The molecule has 0 bridgehead atoms. The molecule has 10 heteroatoms. The lowest BCUT2D eigenvalue weighted by molar-refractivity contribution is -0.155. The van der Waals surface area contributed by atoms with Crippen molar-refractivity contribution in [3.05, 3.63) is 64.5 Å². The van der Waals surface area contributed by atoms with Gasteiger partial charge in [0.1, 0.15) is 17.5 Å². The Hall–Kier alpha value is -3.79. The van der Waals surface area contributed by atoms with E-state index >= 15 is 0 Å². The molecule has 1 aliphatic rings. The minimum atomic E-state index is -1.34. The van der Waals surface area contributed by atoms with E-state index in [0.717, 1.165) is 4.90 Å². The Bertz CT molecular complexity index is 1170. The zero-order valence-electron chi connectivity index (χ0n) is 19.8. The van der Waals surface area contributed by atoms with Gasteiger partial charge in [-0.15, -0.1) is 0 Å². The lowest BCUT2D eigenvalue weighted by Crippen LogP contribution is -2.48. The number of halogens is 1. The third-order valence-electron chi connectivity index (χ3n) is 5.40. The number of nitrogens with two attached hydrogens (primary N) is 1. The first-order valence-corrected chi connectivity index (χ1v) is 11.1. The van der Waals surface area contributed by atoms with Crippen molar-refractivity contribution in [2.75, 3.05) is 5.32 Å². The van der Waals surface area contributed by atoms with Gasteiger partial charge < -0.3 is 20.9 Å². The van der Waals surface area contributed by atoms with Crippen molar-refractivity contribution >= 4 is 29.4 Å². The fourth-order valence-corrected chi connectivity index (χ4v) is 3.80. The third kappa shape index (κ3) is 5.83. The number of hydrogen-bond donors (Lipinski definition) is 3. The lowest BCUT2D eigenvalue weighted by atomic mass is 10.1. The summed E-state index contributed by atoms with van der Waals surface area (Å²) in [6, 6.07) is 7.53. The largest absolute Gasteiger partial charge is 0.460 e. The van der Waals surface area contributed by atoms with Crippen molar-refractivity contribution < 1.29 is 33.4 Å². The van der Waals surface area contributed by atoms with Crippen molar-refractivity contribution in [2.45, 2.75) is 58.4 Å². The summed E-state index contributed by atoms with van der Waals surface area (Å²) in [5, 5.41) is 12.1. The number of primary amides is 1. The molecule has 3 amide bonds. The third-order valence-corrected chi connectivity index (χ3v) is 5.40. The highest BCUT2D eigenvalue weighted by Crippen LogP contribution is 2.32. The van der Waals surface area contributed by atoms with Crippen molar-refractivity contribution in [1.82, 2.24) is 4.90 Å². The first kappa shape index (κ1) is 25.8. The minimum absolute atomic E-state index is 0.00730. The summed E-state index contributed by atoms with van der Waals surface area (Å²) >= 11 is 0. The smallest absolute Gasteiger partial charge is 0.306 e. The van der Waals surface area contributed by atoms with Gasteiger partial charge in [0.15, 0.2) is 0 Å². The normalized spacial score (nSPS) is 14.0. The molecule has 1 unspecified atom stereocenters. The summed E-state index contributed by atoms with van der Waals surface area (Å²) in [5.74, 6) is -3.49. The fraction of sp³-hybridized carbons (Fsp3) is 0.360. The standard InChI is InChI=1S/C25H28FN3O6/c1-25(2,3)35-20(31)10-9-19(22(27)32)29-23(33)16-5-4-6-18(21(16)24(29)34)28-12-15-8-7-14(13-30)11-17(15)26/h4-8,11,19,28,30H,9-10,12-13H2,1-3H3,(H2,27,32). The number of benzene rings is 2. The number of esters is 1. The molecule has 2 aromatic rings. The maximum atomic E-state index is 14.3. The number of carbonyl (C=O) groups is 4. The number of fused-ring (bicyclic) bond motifs is 1. The number of amides is 3. The second-order valence-electron chi connectivity index (χ2n) is 9.19. The maximum absolute atomic E-state index is 14.3. The minimum Gasteiger partial charge on any atom is -0.460 e. The first-order chi connectivity index (χ1) is 16.4. The van der Waals surface area contributed by atoms with Crippen molar-refractivity contribution in [3.63, 3.8) is 0 Å². The Balaban J connectivity index is 1.80. The topological polar surface area (TPSA) is 139 Å². The summed E-state index contributed by atoms with van der Waals surface area (Å²) in [4.78, 5) is 51.3. The number of rotatable bonds is 9. The second-order valence-corrected chi connectivity index (χ2v) is 9.19. The SMILES string of the molecule is CC(C)(C)OC(=O)CCC(C(N)=O)N1C(=O)c2cccc(NCc3ccc(CO)cc3F)c2C1=O. The van der Waals surface area contributed by atoms with E-state index in [-0.39, 0.29) is 42.8 Å². The number of hydrogen-bond acceptors (Lipinski definition) is 7. The molecule has 35 heavy (non-hydrogen) atoms. The molecule has 0 aliphatic carbocycles. The van der Waals surface area contributed by atoms with Crippen LogP contribution in [0.5, 0.6) is 0 Å². The van der Waals surface area contributed by atoms with Gasteiger partial charge in [-0.25, -0.2) is 4.39 Å². The van der Waals surface area contributed by atoms with E-state index in [1.165, 1.54) is 18.2 Å². The number of anilines is 1. The number of aliphatic hydroxyl groups excluding tert-OH is 1. The van der Waals surface area contributed by atoms with Crippen molar-refractivity contribution in [2.24, 2.45) is 5.73 Å². The Kier molecular flexibility index (Phi) is 7.54. The number of aliphatic hydroxyl groups is 1. The fourth-order valence-electron chi connectivity index (χ4n) is 3.80. The Morgan fingerprint density at radius 3 is 2.49 bits per heavy atom. The quantitative estimate of drug-likeness (QED) is 0.366. The summed E-state index contributed by atoms with van der Waals surface area (Å²) in [6.07, 6.45) is -0.395.